The molecule has 2 rings (SSSR count). The summed E-state index contributed by atoms with van der Waals surface area (Å²) in [6.45, 7) is 3.00. The van der Waals surface area contributed by atoms with E-state index in [2.05, 4.69) is 5.32 Å². The lowest BCUT2D eigenvalue weighted by molar-refractivity contribution is -0.141. The lowest BCUT2D eigenvalue weighted by atomic mass is 9.83. The van der Waals surface area contributed by atoms with Crippen LogP contribution < -0.4 is 5.32 Å². The molecule has 5 nitrogen and oxygen atoms in total. The molecule has 0 radical (unpaired) electrons. The molecule has 0 unspecified atom stereocenters. The van der Waals surface area contributed by atoms with Gasteiger partial charge in [-0.3, -0.25) is 9.59 Å². The number of methoxy groups -OCH3 is 1. The number of ether oxygens (including phenoxy) is 1. The van der Waals surface area contributed by atoms with Crippen LogP contribution in [0.2, 0.25) is 0 Å². The van der Waals surface area contributed by atoms with Gasteiger partial charge in [-0.1, -0.05) is 29.8 Å². The van der Waals surface area contributed by atoms with E-state index in [0.717, 1.165) is 11.1 Å². The number of hydrogen-bond donors (Lipinski definition) is 1. The molecule has 1 fully saturated rings. The summed E-state index contributed by atoms with van der Waals surface area (Å²) in [6.07, 6.45) is 1.00. The number of benzene rings is 1. The van der Waals surface area contributed by atoms with Gasteiger partial charge in [0.15, 0.2) is 0 Å². The van der Waals surface area contributed by atoms with E-state index in [4.69, 9.17) is 4.74 Å². The van der Waals surface area contributed by atoms with Crippen molar-refractivity contribution in [1.29, 1.82) is 0 Å². The Bertz CT molecular complexity index is 527. The second-order valence-corrected chi connectivity index (χ2v) is 5.79. The molecule has 0 saturated carbocycles. The van der Waals surface area contributed by atoms with Crippen LogP contribution in [0.1, 0.15) is 30.0 Å². The molecular formula is C17H24N2O3. The van der Waals surface area contributed by atoms with Crippen LogP contribution in [0.5, 0.6) is 0 Å². The van der Waals surface area contributed by atoms with Crippen LogP contribution in [0, 0.1) is 12.8 Å². The van der Waals surface area contributed by atoms with Gasteiger partial charge in [0.1, 0.15) is 0 Å². The van der Waals surface area contributed by atoms with Crippen LogP contribution in [0.4, 0.5) is 0 Å². The summed E-state index contributed by atoms with van der Waals surface area (Å²) in [4.78, 5) is 26.2. The summed E-state index contributed by atoms with van der Waals surface area (Å²) < 4.78 is 4.96. The fraction of sp³-hybridized carbons (Fsp3) is 0.529. The smallest absolute Gasteiger partial charge is 0.225 e. The maximum atomic E-state index is 12.5. The van der Waals surface area contributed by atoms with Crippen molar-refractivity contribution in [2.75, 3.05) is 27.3 Å². The van der Waals surface area contributed by atoms with Gasteiger partial charge < -0.3 is 15.0 Å². The van der Waals surface area contributed by atoms with Gasteiger partial charge in [-0.05, 0) is 18.9 Å². The second kappa shape index (κ2) is 7.40. The summed E-state index contributed by atoms with van der Waals surface area (Å²) >= 11 is 0. The van der Waals surface area contributed by atoms with Crippen molar-refractivity contribution in [1.82, 2.24) is 10.2 Å². The summed E-state index contributed by atoms with van der Waals surface area (Å²) in [5.41, 5.74) is 2.17. The number of amides is 2. The van der Waals surface area contributed by atoms with Gasteiger partial charge in [-0.2, -0.15) is 0 Å². The van der Waals surface area contributed by atoms with Crippen molar-refractivity contribution >= 4 is 11.8 Å². The molecular weight excluding hydrogens is 280 g/mol. The van der Waals surface area contributed by atoms with E-state index in [1.807, 2.05) is 31.2 Å². The Morgan fingerprint density at radius 2 is 2.05 bits per heavy atom. The predicted molar refractivity (Wildman–Crippen MR) is 84.3 cm³/mol. The Labute approximate surface area is 131 Å². The van der Waals surface area contributed by atoms with Crippen molar-refractivity contribution < 1.29 is 14.3 Å². The van der Waals surface area contributed by atoms with E-state index in [9.17, 15) is 9.59 Å². The van der Waals surface area contributed by atoms with Crippen LogP contribution in [0.3, 0.4) is 0 Å². The number of aryl methyl sites for hydroxylation is 1. The van der Waals surface area contributed by atoms with Crippen LogP contribution in [-0.2, 0) is 14.3 Å². The van der Waals surface area contributed by atoms with Gasteiger partial charge >= 0.3 is 0 Å². The molecule has 1 aliphatic heterocycles. The number of hydrogen-bond acceptors (Lipinski definition) is 3. The zero-order valence-electron chi connectivity index (χ0n) is 13.5. The molecule has 2 atom stereocenters. The van der Waals surface area contributed by atoms with Crippen molar-refractivity contribution in [3.05, 3.63) is 35.4 Å². The third-order valence-electron chi connectivity index (χ3n) is 4.22. The Balaban J connectivity index is 2.20. The minimum Gasteiger partial charge on any atom is -0.383 e. The van der Waals surface area contributed by atoms with Crippen LogP contribution >= 0.6 is 0 Å². The molecule has 1 heterocycles. The number of likely N-dealkylation sites (tertiary alicyclic amines) is 1. The maximum absolute atomic E-state index is 12.5. The van der Waals surface area contributed by atoms with Gasteiger partial charge in [0.2, 0.25) is 11.8 Å². The first-order valence-electron chi connectivity index (χ1n) is 7.63. The minimum absolute atomic E-state index is 0.0121. The highest BCUT2D eigenvalue weighted by molar-refractivity contribution is 5.84. The average molecular weight is 304 g/mol. The van der Waals surface area contributed by atoms with Crippen molar-refractivity contribution in [2.24, 2.45) is 5.92 Å². The van der Waals surface area contributed by atoms with E-state index in [1.54, 1.807) is 19.1 Å². The molecule has 22 heavy (non-hydrogen) atoms. The Morgan fingerprint density at radius 3 is 2.68 bits per heavy atom. The Kier molecular flexibility index (Phi) is 5.55. The summed E-state index contributed by atoms with van der Waals surface area (Å²) in [5.74, 6) is -0.143. The number of nitrogens with zero attached hydrogens (tertiary/aromatic N) is 1. The molecule has 120 valence electrons. The molecule has 5 heteroatoms. The first-order valence-corrected chi connectivity index (χ1v) is 7.63. The van der Waals surface area contributed by atoms with Gasteiger partial charge in [-0.25, -0.2) is 0 Å². The normalized spacial score (nSPS) is 21.8. The highest BCUT2D eigenvalue weighted by Gasteiger charge is 2.38. The Hall–Kier alpha value is -1.88. The molecule has 1 aromatic rings. The summed E-state index contributed by atoms with van der Waals surface area (Å²) in [7, 11) is 3.38. The maximum Gasteiger partial charge on any atom is 0.225 e. The zero-order valence-corrected chi connectivity index (χ0v) is 13.5. The standard InChI is InChI=1S/C17H24N2O3/c1-12-4-6-13(7-5-12)16-14(8-9-15(20)19(16)2)17(21)18-10-11-22-3/h4-7,14,16H,8-11H2,1-3H3,(H,18,21)/t14-,16-/m1/s1. The molecule has 0 aliphatic carbocycles. The lowest BCUT2D eigenvalue weighted by Gasteiger charge is -2.38. The van der Waals surface area contributed by atoms with Crippen molar-refractivity contribution in [2.45, 2.75) is 25.8 Å². The SMILES string of the molecule is COCCNC(=O)[C@@H]1CCC(=O)N(C)[C@@H]1c1ccc(C)cc1. The second-order valence-electron chi connectivity index (χ2n) is 5.79. The number of carbonyl (C=O) groups excluding carboxylic acids is 2. The topological polar surface area (TPSA) is 58.6 Å². The number of rotatable bonds is 5. The molecule has 1 aromatic carbocycles. The van der Waals surface area contributed by atoms with Crippen LogP contribution in [0.15, 0.2) is 24.3 Å². The third kappa shape index (κ3) is 3.65. The molecule has 1 saturated heterocycles. The number of nitrogens with one attached hydrogen (secondary N) is 1. The molecule has 0 bridgehead atoms. The first-order chi connectivity index (χ1) is 10.5. The Morgan fingerprint density at radius 1 is 1.36 bits per heavy atom. The quantitative estimate of drug-likeness (QED) is 0.842. The molecule has 1 aliphatic rings. The van der Waals surface area contributed by atoms with Crippen molar-refractivity contribution in [3.8, 4) is 0 Å². The van der Waals surface area contributed by atoms with Crippen LogP contribution in [-0.4, -0.2) is 44.0 Å². The van der Waals surface area contributed by atoms with Gasteiger partial charge in [-0.15, -0.1) is 0 Å². The highest BCUT2D eigenvalue weighted by atomic mass is 16.5. The molecule has 2 amide bonds. The number of piperidine rings is 1. The predicted octanol–water partition coefficient (Wildman–Crippen LogP) is 1.67. The summed E-state index contributed by atoms with van der Waals surface area (Å²) in [6, 6.07) is 7.84. The lowest BCUT2D eigenvalue weighted by Crippen LogP contribution is -2.46. The molecule has 0 spiro atoms. The van der Waals surface area contributed by atoms with E-state index >= 15 is 0 Å². The fourth-order valence-corrected chi connectivity index (χ4v) is 2.94. The fourth-order valence-electron chi connectivity index (χ4n) is 2.94. The summed E-state index contributed by atoms with van der Waals surface area (Å²) in [5, 5.41) is 2.90. The molecule has 0 aromatic heterocycles. The monoisotopic (exact) mass is 304 g/mol. The highest BCUT2D eigenvalue weighted by Crippen LogP contribution is 2.35. The van der Waals surface area contributed by atoms with Crippen LogP contribution in [0.25, 0.3) is 0 Å². The van der Waals surface area contributed by atoms with Gasteiger partial charge in [0.05, 0.1) is 18.6 Å². The van der Waals surface area contributed by atoms with Gasteiger partial charge in [0, 0.05) is 27.1 Å². The van der Waals surface area contributed by atoms with E-state index in [1.165, 1.54) is 0 Å². The molecule has 1 N–H and O–H groups in total. The average Bonchev–Trinajstić information content (AvgIpc) is 2.51. The third-order valence-corrected chi connectivity index (χ3v) is 4.22. The zero-order chi connectivity index (χ0) is 16.1. The first kappa shape index (κ1) is 16.5. The largest absolute Gasteiger partial charge is 0.383 e. The van der Waals surface area contributed by atoms with E-state index in [0.29, 0.717) is 26.0 Å². The van der Waals surface area contributed by atoms with E-state index in [-0.39, 0.29) is 23.8 Å². The van der Waals surface area contributed by atoms with E-state index < -0.39 is 0 Å². The van der Waals surface area contributed by atoms with Crippen molar-refractivity contribution in [3.63, 3.8) is 0 Å². The van der Waals surface area contributed by atoms with Gasteiger partial charge in [0.25, 0.3) is 0 Å². The minimum atomic E-state index is -0.220. The number of carbonyl (C=O) groups is 2.